The average molecular weight is 509 g/mol. The highest BCUT2D eigenvalue weighted by Crippen LogP contribution is 2.32. The van der Waals surface area contributed by atoms with Gasteiger partial charge in [-0.2, -0.15) is 0 Å². The molecule has 0 saturated carbocycles. The minimum Gasteiger partial charge on any atom is -0.388 e. The smallest absolute Gasteiger partial charge is 0.186 e. The van der Waals surface area contributed by atoms with Gasteiger partial charge >= 0.3 is 0 Å². The molecule has 4 rings (SSSR count). The van der Waals surface area contributed by atoms with Crippen molar-refractivity contribution in [1.82, 2.24) is 0 Å². The van der Waals surface area contributed by atoms with Crippen LogP contribution >= 0.6 is 0 Å². The fraction of sp³-hybridized carbons (Fsp3) is 0.400. The van der Waals surface area contributed by atoms with Crippen molar-refractivity contribution < 1.29 is 33.5 Å². The Morgan fingerprint density at radius 1 is 0.649 bits per heavy atom. The Balaban J connectivity index is 1.62. The largest absolute Gasteiger partial charge is 0.388 e. The van der Waals surface area contributed by atoms with Crippen LogP contribution in [-0.2, 0) is 48.2 Å². The summed E-state index contributed by atoms with van der Waals surface area (Å²) < 4.78 is 36.5. The lowest BCUT2D eigenvalue weighted by Gasteiger charge is -2.46. The van der Waals surface area contributed by atoms with Gasteiger partial charge in [0.05, 0.1) is 26.4 Å². The van der Waals surface area contributed by atoms with Gasteiger partial charge in [-0.1, -0.05) is 91.0 Å². The van der Waals surface area contributed by atoms with Crippen LogP contribution in [0.25, 0.3) is 0 Å². The monoisotopic (exact) mass is 508 g/mol. The maximum atomic E-state index is 11.0. The van der Waals surface area contributed by atoms with Gasteiger partial charge in [-0.3, -0.25) is 0 Å². The third-order valence-electron chi connectivity index (χ3n) is 6.34. The van der Waals surface area contributed by atoms with Crippen molar-refractivity contribution in [2.75, 3.05) is 20.8 Å². The molecule has 0 aromatic heterocycles. The van der Waals surface area contributed by atoms with E-state index in [0.29, 0.717) is 19.8 Å². The van der Waals surface area contributed by atoms with E-state index >= 15 is 0 Å². The highest BCUT2D eigenvalue weighted by Gasteiger charge is 2.50. The van der Waals surface area contributed by atoms with Gasteiger partial charge < -0.3 is 33.5 Å². The maximum absolute atomic E-state index is 11.0. The van der Waals surface area contributed by atoms with Crippen molar-refractivity contribution in [3.63, 3.8) is 0 Å². The quantitative estimate of drug-likeness (QED) is 0.372. The zero-order valence-electron chi connectivity index (χ0n) is 21.3. The molecule has 1 heterocycles. The van der Waals surface area contributed by atoms with Gasteiger partial charge in [0.15, 0.2) is 6.29 Å². The Morgan fingerprint density at radius 2 is 1.08 bits per heavy atom. The van der Waals surface area contributed by atoms with Crippen LogP contribution in [0.1, 0.15) is 16.7 Å². The molecule has 1 aliphatic rings. The summed E-state index contributed by atoms with van der Waals surface area (Å²) in [5.74, 6) is 0. The molecule has 0 unspecified atom stereocenters. The first-order chi connectivity index (χ1) is 18.2. The van der Waals surface area contributed by atoms with Gasteiger partial charge in [-0.15, -0.1) is 0 Å². The lowest BCUT2D eigenvalue weighted by molar-refractivity contribution is -0.330. The molecule has 1 fully saturated rings. The summed E-state index contributed by atoms with van der Waals surface area (Å²) in [5, 5.41) is 11.0. The Morgan fingerprint density at radius 3 is 1.51 bits per heavy atom. The fourth-order valence-electron chi connectivity index (χ4n) is 4.46. The molecule has 6 atom stereocenters. The highest BCUT2D eigenvalue weighted by atomic mass is 16.7. The molecule has 0 bridgehead atoms. The van der Waals surface area contributed by atoms with Crippen LogP contribution in [0.4, 0.5) is 0 Å². The average Bonchev–Trinajstić information content (AvgIpc) is 2.95. The van der Waals surface area contributed by atoms with Crippen LogP contribution in [0.3, 0.4) is 0 Å². The molecule has 3 aromatic carbocycles. The summed E-state index contributed by atoms with van der Waals surface area (Å²) in [6, 6.07) is 29.7. The summed E-state index contributed by atoms with van der Waals surface area (Å²) in [7, 11) is 3.09. The van der Waals surface area contributed by atoms with Crippen LogP contribution in [-0.4, -0.2) is 62.7 Å². The van der Waals surface area contributed by atoms with Crippen molar-refractivity contribution in [1.29, 1.82) is 0 Å². The van der Waals surface area contributed by atoms with Crippen LogP contribution in [0.5, 0.6) is 0 Å². The summed E-state index contributed by atoms with van der Waals surface area (Å²) in [6.07, 6.45) is -4.35. The lowest BCUT2D eigenvalue weighted by Crippen LogP contribution is -2.63. The minimum atomic E-state index is -0.957. The summed E-state index contributed by atoms with van der Waals surface area (Å²) in [6.45, 7) is 1.08. The number of methoxy groups -OCH3 is 2. The predicted octanol–water partition coefficient (Wildman–Crippen LogP) is 4.12. The maximum Gasteiger partial charge on any atom is 0.186 e. The van der Waals surface area contributed by atoms with E-state index in [2.05, 4.69) is 0 Å². The number of aliphatic hydroxyl groups is 1. The number of benzene rings is 3. The number of aliphatic hydroxyl groups excluding tert-OH is 1. The summed E-state index contributed by atoms with van der Waals surface area (Å²) in [4.78, 5) is 0. The van der Waals surface area contributed by atoms with Crippen LogP contribution in [0.15, 0.2) is 91.0 Å². The summed E-state index contributed by atoms with van der Waals surface area (Å²) >= 11 is 0. The van der Waals surface area contributed by atoms with E-state index in [9.17, 15) is 5.11 Å². The first kappa shape index (κ1) is 27.4. The van der Waals surface area contributed by atoms with E-state index in [-0.39, 0.29) is 6.61 Å². The van der Waals surface area contributed by atoms with Gasteiger partial charge in [0.25, 0.3) is 0 Å². The van der Waals surface area contributed by atoms with E-state index in [1.807, 2.05) is 91.0 Å². The van der Waals surface area contributed by atoms with Crippen LogP contribution in [0, 0.1) is 0 Å². The number of hydrogen-bond acceptors (Lipinski definition) is 7. The summed E-state index contributed by atoms with van der Waals surface area (Å²) in [5.41, 5.74) is 3.03. The van der Waals surface area contributed by atoms with E-state index in [4.69, 9.17) is 28.4 Å². The topological polar surface area (TPSA) is 75.6 Å². The molecule has 0 spiro atoms. The third kappa shape index (κ3) is 7.69. The van der Waals surface area contributed by atoms with Crippen molar-refractivity contribution in [2.45, 2.75) is 56.6 Å². The molecule has 1 aliphatic heterocycles. The Hall–Kier alpha value is -2.62. The van der Waals surface area contributed by atoms with Gasteiger partial charge in [0.1, 0.15) is 30.5 Å². The number of hydrogen-bond donors (Lipinski definition) is 1. The molecule has 37 heavy (non-hydrogen) atoms. The SMILES string of the molecule is COC[C@H](O)[C@@H]1O[C@@H](OC)[C@H](OCc2ccccc2)[C@H](OCc2ccccc2)[C@@H]1OCc1ccccc1. The molecule has 0 radical (unpaired) electrons. The molecular formula is C30H36O7. The Labute approximate surface area is 218 Å². The molecule has 198 valence electrons. The standard InChI is InChI=1S/C30H36O7/c1-32-21-25(31)26-27(34-18-22-12-6-3-7-13-22)28(35-19-23-14-8-4-9-15-23)29(30(33-2)37-26)36-20-24-16-10-5-11-17-24/h3-17,25-31H,18-21H2,1-2H3/t25-,26-,27+,28+,29+,30+/m0/s1. The van der Waals surface area contributed by atoms with Gasteiger partial charge in [-0.05, 0) is 16.7 Å². The first-order valence-electron chi connectivity index (χ1n) is 12.5. The van der Waals surface area contributed by atoms with E-state index in [0.717, 1.165) is 16.7 Å². The van der Waals surface area contributed by atoms with E-state index < -0.39 is 36.8 Å². The second-order valence-corrected chi connectivity index (χ2v) is 9.01. The molecular weight excluding hydrogens is 472 g/mol. The van der Waals surface area contributed by atoms with Crippen LogP contribution < -0.4 is 0 Å². The molecule has 3 aromatic rings. The van der Waals surface area contributed by atoms with Crippen LogP contribution in [0.2, 0.25) is 0 Å². The number of ether oxygens (including phenoxy) is 6. The molecule has 1 saturated heterocycles. The van der Waals surface area contributed by atoms with Gasteiger partial charge in [0.2, 0.25) is 0 Å². The second kappa shape index (κ2) is 14.4. The molecule has 0 aliphatic carbocycles. The third-order valence-corrected chi connectivity index (χ3v) is 6.34. The normalized spacial score (nSPS) is 24.6. The zero-order valence-corrected chi connectivity index (χ0v) is 21.3. The number of rotatable bonds is 13. The van der Waals surface area contributed by atoms with Crippen molar-refractivity contribution >= 4 is 0 Å². The van der Waals surface area contributed by atoms with Crippen molar-refractivity contribution in [3.05, 3.63) is 108 Å². The second-order valence-electron chi connectivity index (χ2n) is 9.01. The molecule has 0 amide bonds. The van der Waals surface area contributed by atoms with E-state index in [1.165, 1.54) is 7.11 Å². The lowest BCUT2D eigenvalue weighted by atomic mass is 9.94. The molecule has 1 N–H and O–H groups in total. The molecule has 7 heteroatoms. The molecule has 7 nitrogen and oxygen atoms in total. The first-order valence-corrected chi connectivity index (χ1v) is 12.5. The zero-order chi connectivity index (χ0) is 25.9. The van der Waals surface area contributed by atoms with Crippen molar-refractivity contribution in [2.24, 2.45) is 0 Å². The van der Waals surface area contributed by atoms with Crippen molar-refractivity contribution in [3.8, 4) is 0 Å². The highest BCUT2D eigenvalue weighted by molar-refractivity contribution is 5.15. The van der Waals surface area contributed by atoms with Gasteiger partial charge in [-0.25, -0.2) is 0 Å². The Bertz CT molecular complexity index is 1020. The fourth-order valence-corrected chi connectivity index (χ4v) is 4.46. The predicted molar refractivity (Wildman–Crippen MR) is 139 cm³/mol. The van der Waals surface area contributed by atoms with Gasteiger partial charge in [0, 0.05) is 14.2 Å². The van der Waals surface area contributed by atoms with E-state index in [1.54, 1.807) is 7.11 Å². The Kier molecular flexibility index (Phi) is 10.6. The minimum absolute atomic E-state index is 0.0766.